The molecule has 3 aromatic rings. The predicted molar refractivity (Wildman–Crippen MR) is 114 cm³/mol. The number of hydrogen-bond donors (Lipinski definition) is 2. The Kier molecular flexibility index (Phi) is 6.57. The van der Waals surface area contributed by atoms with Crippen LogP contribution in [0.15, 0.2) is 78.9 Å². The van der Waals surface area contributed by atoms with Crippen LogP contribution in [0.3, 0.4) is 0 Å². The molecule has 1 aliphatic rings. The van der Waals surface area contributed by atoms with E-state index in [4.69, 9.17) is 0 Å². The van der Waals surface area contributed by atoms with Gasteiger partial charge in [0.05, 0.1) is 12.6 Å². The average Bonchev–Trinajstić information content (AvgIpc) is 2.78. The zero-order valence-electron chi connectivity index (χ0n) is 17.1. The van der Waals surface area contributed by atoms with Gasteiger partial charge in [0.1, 0.15) is 12.3 Å². The normalized spacial score (nSPS) is 16.4. The summed E-state index contributed by atoms with van der Waals surface area (Å²) in [6.45, 7) is -0.739. The van der Waals surface area contributed by atoms with E-state index in [9.17, 15) is 13.6 Å². The Balaban J connectivity index is 1.47. The molecule has 0 saturated carbocycles. The van der Waals surface area contributed by atoms with Gasteiger partial charge in [-0.15, -0.1) is 0 Å². The van der Waals surface area contributed by atoms with E-state index >= 15 is 0 Å². The first kappa shape index (κ1) is 21.0. The summed E-state index contributed by atoms with van der Waals surface area (Å²) in [6.07, 6.45) is 0.965. The highest BCUT2D eigenvalue weighted by atomic mass is 19.3. The molecule has 4 nitrogen and oxygen atoms in total. The maximum absolute atomic E-state index is 12.9. The zero-order chi connectivity index (χ0) is 21.6. The molecule has 0 spiro atoms. The smallest absolute Gasteiger partial charge is 0.387 e. The van der Waals surface area contributed by atoms with Crippen LogP contribution in [0.5, 0.6) is 5.75 Å². The highest BCUT2D eigenvalue weighted by Crippen LogP contribution is 2.24. The molecule has 160 valence electrons. The van der Waals surface area contributed by atoms with Crippen LogP contribution in [0.2, 0.25) is 0 Å². The lowest BCUT2D eigenvalue weighted by Crippen LogP contribution is -3.12. The monoisotopic (exact) mass is 423 g/mol. The fourth-order valence-electron chi connectivity index (χ4n) is 4.08. The predicted octanol–water partition coefficient (Wildman–Crippen LogP) is 3.13. The van der Waals surface area contributed by atoms with Crippen LogP contribution in [0, 0.1) is 0 Å². The van der Waals surface area contributed by atoms with E-state index in [2.05, 4.69) is 28.3 Å². The van der Waals surface area contributed by atoms with Crippen LogP contribution in [0.25, 0.3) is 0 Å². The van der Waals surface area contributed by atoms with Crippen molar-refractivity contribution < 1.29 is 23.2 Å². The first-order chi connectivity index (χ1) is 15.1. The first-order valence-corrected chi connectivity index (χ1v) is 10.4. The number of nitrogens with one attached hydrogen (secondary N) is 2. The highest BCUT2D eigenvalue weighted by Gasteiger charge is 2.24. The largest absolute Gasteiger partial charge is 0.435 e. The third-order valence-electron chi connectivity index (χ3n) is 5.59. The van der Waals surface area contributed by atoms with Gasteiger partial charge in [-0.25, -0.2) is 0 Å². The zero-order valence-corrected chi connectivity index (χ0v) is 17.1. The van der Waals surface area contributed by atoms with E-state index in [0.29, 0.717) is 6.54 Å². The van der Waals surface area contributed by atoms with E-state index in [-0.39, 0.29) is 17.7 Å². The number of amides is 1. The number of carbonyl (C=O) groups excluding carboxylic acids is 1. The Labute approximate surface area is 180 Å². The number of fused-ring (bicyclic) bond motifs is 1. The Hall–Kier alpha value is -3.25. The minimum Gasteiger partial charge on any atom is -0.435 e. The van der Waals surface area contributed by atoms with Gasteiger partial charge in [0.2, 0.25) is 0 Å². The van der Waals surface area contributed by atoms with Crippen molar-refractivity contribution in [3.05, 3.63) is 101 Å². The molecule has 1 heterocycles. The van der Waals surface area contributed by atoms with Crippen molar-refractivity contribution in [1.29, 1.82) is 0 Å². The van der Waals surface area contributed by atoms with Gasteiger partial charge in [-0.05, 0) is 28.8 Å². The number of halogens is 2. The first-order valence-electron chi connectivity index (χ1n) is 10.4. The molecule has 0 bridgehead atoms. The molecule has 1 aliphatic heterocycles. The van der Waals surface area contributed by atoms with E-state index in [1.807, 2.05) is 36.4 Å². The Morgan fingerprint density at radius 2 is 1.55 bits per heavy atom. The maximum Gasteiger partial charge on any atom is 0.387 e. The van der Waals surface area contributed by atoms with Gasteiger partial charge in [-0.2, -0.15) is 8.78 Å². The molecule has 1 amide bonds. The van der Waals surface area contributed by atoms with E-state index in [1.165, 1.54) is 28.2 Å². The van der Waals surface area contributed by atoms with Gasteiger partial charge in [-0.1, -0.05) is 66.7 Å². The minimum atomic E-state index is -2.87. The summed E-state index contributed by atoms with van der Waals surface area (Å²) in [5.41, 5.74) is 4.39. The second-order valence-corrected chi connectivity index (χ2v) is 7.73. The molecule has 3 aromatic carbocycles. The molecule has 2 atom stereocenters. The Morgan fingerprint density at radius 1 is 0.903 bits per heavy atom. The van der Waals surface area contributed by atoms with Gasteiger partial charge < -0.3 is 15.0 Å². The fraction of sp³-hybridized carbons (Fsp3) is 0.240. The molecule has 0 radical (unpaired) electrons. The Bertz CT molecular complexity index is 1010. The number of quaternary nitrogens is 1. The van der Waals surface area contributed by atoms with Crippen molar-refractivity contribution in [2.45, 2.75) is 25.6 Å². The topological polar surface area (TPSA) is 42.8 Å². The SMILES string of the molecule is O=C(C[NH+]1CCc2ccccc2C1)N[C@H](c1ccccc1)c1ccc(OC(F)F)cc1. The minimum absolute atomic E-state index is 0.0452. The number of hydrogen-bond acceptors (Lipinski definition) is 2. The van der Waals surface area contributed by atoms with Crippen molar-refractivity contribution in [3.63, 3.8) is 0 Å². The summed E-state index contributed by atoms with van der Waals surface area (Å²) >= 11 is 0. The summed E-state index contributed by atoms with van der Waals surface area (Å²) < 4.78 is 29.3. The number of alkyl halides is 2. The average molecular weight is 423 g/mol. The lowest BCUT2D eigenvalue weighted by molar-refractivity contribution is -0.908. The lowest BCUT2D eigenvalue weighted by atomic mass is 9.98. The van der Waals surface area contributed by atoms with Crippen molar-refractivity contribution in [1.82, 2.24) is 5.32 Å². The van der Waals surface area contributed by atoms with Crippen LogP contribution >= 0.6 is 0 Å². The Morgan fingerprint density at radius 3 is 2.26 bits per heavy atom. The number of rotatable bonds is 7. The maximum atomic E-state index is 12.9. The molecule has 0 fully saturated rings. The standard InChI is InChI=1S/C25H24F2N2O2/c26-25(27)31-22-12-10-20(11-13-22)24(19-7-2-1-3-8-19)28-23(30)17-29-15-14-18-6-4-5-9-21(18)16-29/h1-13,24-25H,14-17H2,(H,28,30)/p+1/t24-/m1/s1. The van der Waals surface area contributed by atoms with E-state index in [0.717, 1.165) is 30.6 Å². The fourth-order valence-corrected chi connectivity index (χ4v) is 4.08. The second kappa shape index (κ2) is 9.71. The van der Waals surface area contributed by atoms with Gasteiger partial charge in [-0.3, -0.25) is 4.79 Å². The summed E-state index contributed by atoms with van der Waals surface area (Å²) in [6, 6.07) is 24.0. The highest BCUT2D eigenvalue weighted by molar-refractivity contribution is 5.78. The molecule has 4 rings (SSSR count). The van der Waals surface area contributed by atoms with Crippen molar-refractivity contribution >= 4 is 5.91 Å². The van der Waals surface area contributed by atoms with Gasteiger partial charge in [0, 0.05) is 12.0 Å². The van der Waals surface area contributed by atoms with E-state index in [1.54, 1.807) is 12.1 Å². The molecule has 0 aliphatic carbocycles. The third kappa shape index (κ3) is 5.47. The number of ether oxygens (including phenoxy) is 1. The van der Waals surface area contributed by atoms with Crippen LogP contribution in [0.4, 0.5) is 8.78 Å². The van der Waals surface area contributed by atoms with E-state index < -0.39 is 6.61 Å². The summed E-state index contributed by atoms with van der Waals surface area (Å²) in [7, 11) is 0. The van der Waals surface area contributed by atoms with Crippen LogP contribution in [0.1, 0.15) is 28.3 Å². The van der Waals surface area contributed by atoms with Gasteiger partial charge >= 0.3 is 6.61 Å². The molecule has 6 heteroatoms. The van der Waals surface area contributed by atoms with Crippen molar-refractivity contribution in [2.24, 2.45) is 0 Å². The molecular weight excluding hydrogens is 398 g/mol. The summed E-state index contributed by atoms with van der Waals surface area (Å²) in [5, 5.41) is 3.13. The molecule has 0 saturated heterocycles. The molecule has 0 aromatic heterocycles. The second-order valence-electron chi connectivity index (χ2n) is 7.73. The summed E-state index contributed by atoms with van der Waals surface area (Å²) in [4.78, 5) is 14.2. The van der Waals surface area contributed by atoms with Crippen LogP contribution < -0.4 is 15.0 Å². The molecule has 1 unspecified atom stereocenters. The lowest BCUT2D eigenvalue weighted by Gasteiger charge is -2.26. The van der Waals surface area contributed by atoms with Gasteiger partial charge in [0.15, 0.2) is 6.54 Å². The van der Waals surface area contributed by atoms with Crippen molar-refractivity contribution in [3.8, 4) is 5.75 Å². The molecule has 2 N–H and O–H groups in total. The number of carbonyl (C=O) groups is 1. The van der Waals surface area contributed by atoms with Gasteiger partial charge in [0.25, 0.3) is 5.91 Å². The quantitative estimate of drug-likeness (QED) is 0.613. The number of benzene rings is 3. The summed E-state index contributed by atoms with van der Waals surface area (Å²) in [5.74, 6) is 0.0458. The van der Waals surface area contributed by atoms with Crippen LogP contribution in [-0.2, 0) is 17.8 Å². The molecule has 31 heavy (non-hydrogen) atoms. The van der Waals surface area contributed by atoms with Crippen molar-refractivity contribution in [2.75, 3.05) is 13.1 Å². The van der Waals surface area contributed by atoms with Crippen LogP contribution in [-0.4, -0.2) is 25.6 Å². The molecular formula is C25H25F2N2O2+. The third-order valence-corrected chi connectivity index (χ3v) is 5.59.